The zero-order chi connectivity index (χ0) is 24.4. The van der Waals surface area contributed by atoms with Gasteiger partial charge in [-0.2, -0.15) is 5.10 Å². The molecule has 0 aliphatic carbocycles. The van der Waals surface area contributed by atoms with Crippen LogP contribution in [0.3, 0.4) is 0 Å². The molecule has 4 rings (SSSR count). The summed E-state index contributed by atoms with van der Waals surface area (Å²) in [6.45, 7) is 7.88. The Morgan fingerprint density at radius 2 is 1.74 bits per heavy atom. The van der Waals surface area contributed by atoms with Crippen LogP contribution >= 0.6 is 11.6 Å². The van der Waals surface area contributed by atoms with Crippen LogP contribution in [0, 0.1) is 27.7 Å². The Labute approximate surface area is 202 Å². The molecule has 34 heavy (non-hydrogen) atoms. The first-order chi connectivity index (χ1) is 16.2. The Hall–Kier alpha value is -3.78. The van der Waals surface area contributed by atoms with Crippen molar-refractivity contribution in [2.45, 2.75) is 40.7 Å². The maximum atomic E-state index is 12.9. The third-order valence-electron chi connectivity index (χ3n) is 5.50. The third kappa shape index (κ3) is 5.07. The summed E-state index contributed by atoms with van der Waals surface area (Å²) in [5, 5.41) is 8.02. The topological polar surface area (TPSA) is 94.7 Å². The van der Waals surface area contributed by atoms with Gasteiger partial charge in [0.25, 0.3) is 11.5 Å². The Morgan fingerprint density at radius 1 is 1.03 bits per heavy atom. The van der Waals surface area contributed by atoms with Crippen LogP contribution in [-0.4, -0.2) is 30.2 Å². The smallest absolute Gasteiger partial charge is 0.251 e. The average molecular weight is 477 g/mol. The molecular weight excluding hydrogens is 452 g/mol. The SMILES string of the molecule is Cc1cc(C)nc(-n2nc(C)c(CC(=O)Nc3ccc(=O)n(Cc4ccccc4Cl)c3)c2C)n1. The normalized spacial score (nSPS) is 11.0. The Bertz CT molecular complexity index is 1420. The summed E-state index contributed by atoms with van der Waals surface area (Å²) < 4.78 is 3.19. The zero-order valence-corrected chi connectivity index (χ0v) is 20.2. The molecule has 0 saturated heterocycles. The van der Waals surface area contributed by atoms with Crippen LogP contribution in [0.15, 0.2) is 53.5 Å². The molecule has 8 nitrogen and oxygen atoms in total. The number of halogens is 1. The molecule has 174 valence electrons. The van der Waals surface area contributed by atoms with Crippen molar-refractivity contribution in [3.63, 3.8) is 0 Å². The van der Waals surface area contributed by atoms with Gasteiger partial charge in [-0.3, -0.25) is 9.59 Å². The lowest BCUT2D eigenvalue weighted by Gasteiger charge is -2.11. The summed E-state index contributed by atoms with van der Waals surface area (Å²) in [7, 11) is 0. The molecule has 4 aromatic rings. The minimum atomic E-state index is -0.213. The van der Waals surface area contributed by atoms with Gasteiger partial charge in [0.15, 0.2) is 0 Å². The van der Waals surface area contributed by atoms with Crippen LogP contribution in [0.2, 0.25) is 5.02 Å². The molecule has 3 heterocycles. The predicted octanol–water partition coefficient (Wildman–Crippen LogP) is 3.94. The molecule has 1 N–H and O–H groups in total. The molecule has 0 unspecified atom stereocenters. The number of anilines is 1. The molecule has 9 heteroatoms. The average Bonchev–Trinajstić information content (AvgIpc) is 3.05. The van der Waals surface area contributed by atoms with Gasteiger partial charge in [0.2, 0.25) is 5.91 Å². The Balaban J connectivity index is 1.53. The van der Waals surface area contributed by atoms with E-state index in [2.05, 4.69) is 20.4 Å². The summed E-state index contributed by atoms with van der Waals surface area (Å²) in [5.74, 6) is 0.270. The fraction of sp³-hybridized carbons (Fsp3) is 0.240. The fourth-order valence-corrected chi connectivity index (χ4v) is 4.03. The number of amides is 1. The summed E-state index contributed by atoms with van der Waals surface area (Å²) in [6.07, 6.45) is 1.75. The number of aromatic nitrogens is 5. The molecule has 0 aliphatic heterocycles. The maximum absolute atomic E-state index is 12.9. The van der Waals surface area contributed by atoms with E-state index in [-0.39, 0.29) is 17.9 Å². The van der Waals surface area contributed by atoms with E-state index < -0.39 is 0 Å². The number of benzene rings is 1. The van der Waals surface area contributed by atoms with Gasteiger partial charge in [-0.1, -0.05) is 29.8 Å². The zero-order valence-electron chi connectivity index (χ0n) is 19.5. The number of rotatable bonds is 6. The van der Waals surface area contributed by atoms with Crippen molar-refractivity contribution < 1.29 is 4.79 Å². The summed E-state index contributed by atoms with van der Waals surface area (Å²) in [5.41, 5.74) is 5.21. The maximum Gasteiger partial charge on any atom is 0.251 e. The number of hydrogen-bond donors (Lipinski definition) is 1. The van der Waals surface area contributed by atoms with E-state index >= 15 is 0 Å². The number of nitrogens with one attached hydrogen (secondary N) is 1. The highest BCUT2D eigenvalue weighted by Crippen LogP contribution is 2.19. The van der Waals surface area contributed by atoms with Gasteiger partial charge in [0, 0.05) is 39.9 Å². The monoisotopic (exact) mass is 476 g/mol. The largest absolute Gasteiger partial charge is 0.324 e. The van der Waals surface area contributed by atoms with E-state index in [4.69, 9.17) is 11.6 Å². The number of nitrogens with zero attached hydrogens (tertiary/aromatic N) is 5. The van der Waals surface area contributed by atoms with Gasteiger partial charge in [-0.15, -0.1) is 0 Å². The van der Waals surface area contributed by atoms with E-state index in [1.54, 1.807) is 23.0 Å². The number of pyridine rings is 1. The predicted molar refractivity (Wildman–Crippen MR) is 132 cm³/mol. The van der Waals surface area contributed by atoms with Gasteiger partial charge >= 0.3 is 0 Å². The number of carbonyl (C=O) groups is 1. The molecule has 3 aromatic heterocycles. The number of aryl methyl sites for hydroxylation is 3. The molecule has 1 amide bonds. The highest BCUT2D eigenvalue weighted by Gasteiger charge is 2.18. The first kappa shape index (κ1) is 23.4. The lowest BCUT2D eigenvalue weighted by Crippen LogP contribution is -2.22. The van der Waals surface area contributed by atoms with Crippen molar-refractivity contribution in [2.75, 3.05) is 5.32 Å². The highest BCUT2D eigenvalue weighted by atomic mass is 35.5. The van der Waals surface area contributed by atoms with Crippen molar-refractivity contribution in [1.29, 1.82) is 0 Å². The van der Waals surface area contributed by atoms with Gasteiger partial charge in [0.05, 0.1) is 24.3 Å². The van der Waals surface area contributed by atoms with Crippen molar-refractivity contribution >= 4 is 23.2 Å². The first-order valence-corrected chi connectivity index (χ1v) is 11.2. The van der Waals surface area contributed by atoms with Crippen LogP contribution in [0.25, 0.3) is 5.95 Å². The second kappa shape index (κ2) is 9.61. The van der Waals surface area contributed by atoms with Gasteiger partial charge < -0.3 is 9.88 Å². The van der Waals surface area contributed by atoms with Crippen LogP contribution in [-0.2, 0) is 17.8 Å². The lowest BCUT2D eigenvalue weighted by atomic mass is 10.1. The molecule has 0 saturated carbocycles. The lowest BCUT2D eigenvalue weighted by molar-refractivity contribution is -0.115. The van der Waals surface area contributed by atoms with Crippen molar-refractivity contribution in [3.05, 3.63) is 97.9 Å². The Morgan fingerprint density at radius 3 is 2.44 bits per heavy atom. The van der Waals surface area contributed by atoms with Crippen LogP contribution in [0.4, 0.5) is 5.69 Å². The van der Waals surface area contributed by atoms with Crippen molar-refractivity contribution in [1.82, 2.24) is 24.3 Å². The first-order valence-electron chi connectivity index (χ1n) is 10.8. The molecule has 0 bridgehead atoms. The van der Waals surface area contributed by atoms with Crippen molar-refractivity contribution in [2.24, 2.45) is 0 Å². The molecule has 0 spiro atoms. The van der Waals surface area contributed by atoms with Gasteiger partial charge in [0.1, 0.15) is 0 Å². The number of carbonyl (C=O) groups excluding carboxylic acids is 1. The minimum absolute atomic E-state index is 0.131. The number of hydrogen-bond acceptors (Lipinski definition) is 5. The standard InChI is InChI=1S/C25H25ClN6O2/c1-15-11-16(2)28-25(27-15)32-18(4)21(17(3)30-32)12-23(33)29-20-9-10-24(34)31(14-20)13-19-7-5-6-8-22(19)26/h5-11,14H,12-13H2,1-4H3,(H,29,33). The van der Waals surface area contributed by atoms with Crippen molar-refractivity contribution in [3.8, 4) is 5.95 Å². The second-order valence-corrected chi connectivity index (χ2v) is 8.62. The van der Waals surface area contributed by atoms with Crippen LogP contribution in [0.5, 0.6) is 0 Å². The van der Waals surface area contributed by atoms with E-state index in [0.717, 1.165) is 33.9 Å². The van der Waals surface area contributed by atoms with Gasteiger partial charge in [-0.05, 0) is 51.5 Å². The third-order valence-corrected chi connectivity index (χ3v) is 5.87. The summed E-state index contributed by atoms with van der Waals surface area (Å²) >= 11 is 6.23. The quantitative estimate of drug-likeness (QED) is 0.455. The molecule has 0 aliphatic rings. The van der Waals surface area contributed by atoms with Crippen LogP contribution in [0.1, 0.15) is 33.9 Å². The van der Waals surface area contributed by atoms with E-state index in [1.807, 2.05) is 52.0 Å². The van der Waals surface area contributed by atoms with E-state index in [9.17, 15) is 9.59 Å². The molecule has 0 atom stereocenters. The second-order valence-electron chi connectivity index (χ2n) is 8.21. The molecule has 0 fully saturated rings. The molecular formula is C25H25ClN6O2. The molecule has 0 radical (unpaired) electrons. The van der Waals surface area contributed by atoms with E-state index in [0.29, 0.717) is 23.2 Å². The van der Waals surface area contributed by atoms with E-state index in [1.165, 1.54) is 10.6 Å². The minimum Gasteiger partial charge on any atom is -0.324 e. The highest BCUT2D eigenvalue weighted by molar-refractivity contribution is 6.31. The van der Waals surface area contributed by atoms with Crippen LogP contribution < -0.4 is 10.9 Å². The van der Waals surface area contributed by atoms with Gasteiger partial charge in [-0.25, -0.2) is 14.6 Å². The molecule has 1 aromatic carbocycles. The summed E-state index contributed by atoms with van der Waals surface area (Å²) in [4.78, 5) is 34.1. The Kier molecular flexibility index (Phi) is 6.61. The summed E-state index contributed by atoms with van der Waals surface area (Å²) in [6, 6.07) is 12.3. The fourth-order valence-electron chi connectivity index (χ4n) is 3.83.